The maximum atomic E-state index is 12.5. The first-order valence-electron chi connectivity index (χ1n) is 6.57. The lowest BCUT2D eigenvalue weighted by Crippen LogP contribution is -2.45. The predicted octanol–water partition coefficient (Wildman–Crippen LogP) is -0.293. The van der Waals surface area contributed by atoms with Crippen LogP contribution in [0.2, 0.25) is 0 Å². The number of sulfonamides is 2. The van der Waals surface area contributed by atoms with Crippen LogP contribution in [0.1, 0.15) is 12.8 Å². The van der Waals surface area contributed by atoms with Crippen molar-refractivity contribution >= 4 is 20.0 Å². The summed E-state index contributed by atoms with van der Waals surface area (Å²) in [6, 6.07) is 5.02. The minimum absolute atomic E-state index is 0.0271. The van der Waals surface area contributed by atoms with E-state index in [1.807, 2.05) is 0 Å². The van der Waals surface area contributed by atoms with Crippen LogP contribution in [-0.4, -0.2) is 47.3 Å². The summed E-state index contributed by atoms with van der Waals surface area (Å²) in [7, 11) is -5.90. The van der Waals surface area contributed by atoms with Crippen LogP contribution in [0.5, 0.6) is 0 Å². The Labute approximate surface area is 125 Å². The van der Waals surface area contributed by atoms with Crippen molar-refractivity contribution in [2.45, 2.75) is 28.7 Å². The molecule has 0 aromatic heterocycles. The number of piperidine rings is 1. The van der Waals surface area contributed by atoms with Crippen molar-refractivity contribution in [1.82, 2.24) is 9.03 Å². The lowest BCUT2D eigenvalue weighted by Gasteiger charge is -2.29. The minimum Gasteiger partial charge on any atom is -0.327 e. The molecule has 9 heteroatoms. The average Bonchev–Trinajstić information content (AvgIpc) is 2.47. The van der Waals surface area contributed by atoms with Crippen molar-refractivity contribution in [3.63, 3.8) is 0 Å². The van der Waals surface area contributed by atoms with E-state index in [0.717, 1.165) is 12.8 Å². The van der Waals surface area contributed by atoms with Gasteiger partial charge in [0.2, 0.25) is 20.0 Å². The van der Waals surface area contributed by atoms with Crippen molar-refractivity contribution in [2.24, 2.45) is 5.73 Å². The van der Waals surface area contributed by atoms with Crippen LogP contribution >= 0.6 is 0 Å². The molecule has 7 nitrogen and oxygen atoms in total. The van der Waals surface area contributed by atoms with Crippen LogP contribution in [0.4, 0.5) is 0 Å². The van der Waals surface area contributed by atoms with Crippen LogP contribution in [0.15, 0.2) is 34.1 Å². The molecule has 1 fully saturated rings. The molecule has 0 saturated carbocycles. The lowest BCUT2D eigenvalue weighted by molar-refractivity contribution is 0.316. The summed E-state index contributed by atoms with van der Waals surface area (Å²) in [4.78, 5) is 0.103. The SMILES string of the molecule is CNS(=O)(=O)c1ccc(S(=O)(=O)N2CCC[C@@H](N)C2)cc1. The molecule has 1 heterocycles. The third kappa shape index (κ3) is 3.43. The first-order chi connectivity index (χ1) is 9.77. The second kappa shape index (κ2) is 6.01. The maximum Gasteiger partial charge on any atom is 0.243 e. The molecule has 0 spiro atoms. The van der Waals surface area contributed by atoms with E-state index in [-0.39, 0.29) is 15.8 Å². The van der Waals surface area contributed by atoms with Gasteiger partial charge in [-0.3, -0.25) is 0 Å². The molecule has 3 N–H and O–H groups in total. The molecule has 0 aliphatic carbocycles. The Morgan fingerprint density at radius 1 is 1.14 bits per heavy atom. The van der Waals surface area contributed by atoms with Gasteiger partial charge < -0.3 is 5.73 Å². The van der Waals surface area contributed by atoms with Gasteiger partial charge in [-0.1, -0.05) is 0 Å². The molecule has 21 heavy (non-hydrogen) atoms. The molecule has 1 saturated heterocycles. The lowest BCUT2D eigenvalue weighted by atomic mass is 10.1. The number of nitrogens with two attached hydrogens (primary N) is 1. The number of hydrogen-bond acceptors (Lipinski definition) is 5. The first kappa shape index (κ1) is 16.4. The molecule has 1 aromatic rings. The predicted molar refractivity (Wildman–Crippen MR) is 78.7 cm³/mol. The zero-order valence-electron chi connectivity index (χ0n) is 11.7. The quantitative estimate of drug-likeness (QED) is 0.786. The van der Waals surface area contributed by atoms with Crippen molar-refractivity contribution in [1.29, 1.82) is 0 Å². The number of rotatable bonds is 4. The average molecular weight is 333 g/mol. The fourth-order valence-corrected chi connectivity index (χ4v) is 4.52. The summed E-state index contributed by atoms with van der Waals surface area (Å²) in [5.41, 5.74) is 5.81. The molecule has 0 radical (unpaired) electrons. The summed E-state index contributed by atoms with van der Waals surface area (Å²) in [6.07, 6.45) is 1.54. The monoisotopic (exact) mass is 333 g/mol. The first-order valence-corrected chi connectivity index (χ1v) is 9.49. The highest BCUT2D eigenvalue weighted by Crippen LogP contribution is 2.21. The molecule has 0 amide bonds. The fourth-order valence-electron chi connectivity index (χ4n) is 2.25. The second-order valence-electron chi connectivity index (χ2n) is 4.94. The third-order valence-electron chi connectivity index (χ3n) is 3.46. The van der Waals surface area contributed by atoms with E-state index in [1.54, 1.807) is 0 Å². The smallest absolute Gasteiger partial charge is 0.243 e. The molecule has 0 unspecified atom stereocenters. The topological polar surface area (TPSA) is 110 Å². The van der Waals surface area contributed by atoms with Gasteiger partial charge in [-0.25, -0.2) is 21.6 Å². The van der Waals surface area contributed by atoms with Gasteiger partial charge in [-0.15, -0.1) is 0 Å². The van der Waals surface area contributed by atoms with E-state index in [1.165, 1.54) is 35.6 Å². The summed E-state index contributed by atoms with van der Waals surface area (Å²) in [5, 5.41) is 0. The number of nitrogens with zero attached hydrogens (tertiary/aromatic N) is 1. The summed E-state index contributed by atoms with van der Waals surface area (Å²) < 4.78 is 51.7. The van der Waals surface area contributed by atoms with Gasteiger partial charge in [-0.2, -0.15) is 4.31 Å². The van der Waals surface area contributed by atoms with E-state index in [0.29, 0.717) is 13.1 Å². The van der Waals surface area contributed by atoms with Gasteiger partial charge in [0.05, 0.1) is 9.79 Å². The van der Waals surface area contributed by atoms with Gasteiger partial charge in [-0.05, 0) is 44.2 Å². The van der Waals surface area contributed by atoms with E-state index >= 15 is 0 Å². The molecule has 118 valence electrons. The molecular formula is C12H19N3O4S2. The molecule has 2 rings (SSSR count). The van der Waals surface area contributed by atoms with E-state index < -0.39 is 20.0 Å². The van der Waals surface area contributed by atoms with Crippen molar-refractivity contribution in [3.05, 3.63) is 24.3 Å². The summed E-state index contributed by atoms with van der Waals surface area (Å²) >= 11 is 0. The third-order valence-corrected chi connectivity index (χ3v) is 6.77. The molecule has 1 aliphatic rings. The van der Waals surface area contributed by atoms with Crippen LogP contribution in [0, 0.1) is 0 Å². The second-order valence-corrected chi connectivity index (χ2v) is 8.77. The molecule has 1 aromatic carbocycles. The number of benzene rings is 1. The van der Waals surface area contributed by atoms with Gasteiger partial charge >= 0.3 is 0 Å². The number of hydrogen-bond donors (Lipinski definition) is 2. The number of nitrogens with one attached hydrogen (secondary N) is 1. The maximum absolute atomic E-state index is 12.5. The molecule has 0 bridgehead atoms. The zero-order valence-corrected chi connectivity index (χ0v) is 13.3. The van der Waals surface area contributed by atoms with Crippen LogP contribution in [0.3, 0.4) is 0 Å². The van der Waals surface area contributed by atoms with E-state index in [4.69, 9.17) is 5.73 Å². The fraction of sp³-hybridized carbons (Fsp3) is 0.500. The van der Waals surface area contributed by atoms with Gasteiger partial charge in [0.25, 0.3) is 0 Å². The Hall–Kier alpha value is -1.00. The van der Waals surface area contributed by atoms with E-state index in [9.17, 15) is 16.8 Å². The molecule has 1 aliphatic heterocycles. The van der Waals surface area contributed by atoms with Crippen LogP contribution < -0.4 is 10.5 Å². The van der Waals surface area contributed by atoms with Crippen LogP contribution in [0.25, 0.3) is 0 Å². The highest BCUT2D eigenvalue weighted by molar-refractivity contribution is 7.89. The van der Waals surface area contributed by atoms with Gasteiger partial charge in [0.1, 0.15) is 0 Å². The molecule has 1 atom stereocenters. The van der Waals surface area contributed by atoms with Crippen LogP contribution in [-0.2, 0) is 20.0 Å². The normalized spacial score (nSPS) is 21.3. The zero-order chi connectivity index (χ0) is 15.7. The largest absolute Gasteiger partial charge is 0.327 e. The standard InChI is InChI=1S/C12H19N3O4S2/c1-14-20(16,17)11-4-6-12(7-5-11)21(18,19)15-8-2-3-10(13)9-15/h4-7,10,14H,2-3,8-9,13H2,1H3/t10-/m1/s1. The van der Waals surface area contributed by atoms with Crippen molar-refractivity contribution < 1.29 is 16.8 Å². The Balaban J connectivity index is 2.29. The highest BCUT2D eigenvalue weighted by atomic mass is 32.2. The van der Waals surface area contributed by atoms with Gasteiger partial charge in [0.15, 0.2) is 0 Å². The summed E-state index contributed by atoms with van der Waals surface area (Å²) in [5.74, 6) is 0. The van der Waals surface area contributed by atoms with Crippen molar-refractivity contribution in [3.8, 4) is 0 Å². The highest BCUT2D eigenvalue weighted by Gasteiger charge is 2.29. The minimum atomic E-state index is -3.63. The summed E-state index contributed by atoms with van der Waals surface area (Å²) in [6.45, 7) is 0.728. The Morgan fingerprint density at radius 2 is 1.71 bits per heavy atom. The Morgan fingerprint density at radius 3 is 2.24 bits per heavy atom. The van der Waals surface area contributed by atoms with Gasteiger partial charge in [0, 0.05) is 19.1 Å². The van der Waals surface area contributed by atoms with E-state index in [2.05, 4.69) is 4.72 Å². The molecular weight excluding hydrogens is 314 g/mol. The Kier molecular flexibility index (Phi) is 4.69. The van der Waals surface area contributed by atoms with Crippen molar-refractivity contribution in [2.75, 3.05) is 20.1 Å². The Bertz CT molecular complexity index is 699.